The molecule has 0 spiro atoms. The van der Waals surface area contributed by atoms with Crippen LogP contribution < -0.4 is 5.32 Å². The molecule has 0 saturated carbocycles. The second kappa shape index (κ2) is 5.71. The molecule has 0 radical (unpaired) electrons. The topological polar surface area (TPSA) is 55.2 Å². The first-order valence-electron chi connectivity index (χ1n) is 5.74. The van der Waals surface area contributed by atoms with E-state index in [1.165, 1.54) is 10.9 Å². The van der Waals surface area contributed by atoms with Gasteiger partial charge in [0.1, 0.15) is 5.69 Å². The fourth-order valence-corrected chi connectivity index (χ4v) is 3.00. The molecule has 0 fully saturated rings. The highest BCUT2D eigenvalue weighted by atomic mass is 79.9. The first kappa shape index (κ1) is 14.0. The van der Waals surface area contributed by atoms with Gasteiger partial charge < -0.3 is 5.32 Å². The number of nitro benzene ring substituents is 1. The Bertz CT molecular complexity index is 612. The van der Waals surface area contributed by atoms with E-state index in [9.17, 15) is 10.1 Å². The summed E-state index contributed by atoms with van der Waals surface area (Å²) in [7, 11) is 0. The van der Waals surface area contributed by atoms with E-state index in [0.29, 0.717) is 10.2 Å². The van der Waals surface area contributed by atoms with Crippen molar-refractivity contribution in [3.8, 4) is 0 Å². The molecule has 1 aromatic carbocycles. The minimum atomic E-state index is -0.376. The second-order valence-corrected chi connectivity index (χ2v) is 6.47. The van der Waals surface area contributed by atoms with Gasteiger partial charge in [0.25, 0.3) is 5.69 Å². The molecule has 19 heavy (non-hydrogen) atoms. The molecule has 0 aliphatic heterocycles. The number of anilines is 1. The zero-order valence-electron chi connectivity index (χ0n) is 10.5. The molecular formula is C13H13BrN2O2S. The zero-order chi connectivity index (χ0) is 14.0. The molecule has 0 bridgehead atoms. The Labute approximate surface area is 123 Å². The molecular weight excluding hydrogens is 328 g/mol. The quantitative estimate of drug-likeness (QED) is 0.636. The first-order chi connectivity index (χ1) is 8.97. The molecule has 4 nitrogen and oxygen atoms in total. The summed E-state index contributed by atoms with van der Waals surface area (Å²) in [5.74, 6) is 0. The van der Waals surface area contributed by atoms with Crippen molar-refractivity contribution in [3.05, 3.63) is 54.7 Å². The Morgan fingerprint density at radius 2 is 2.11 bits per heavy atom. The van der Waals surface area contributed by atoms with Crippen molar-refractivity contribution in [2.75, 3.05) is 5.32 Å². The van der Waals surface area contributed by atoms with Crippen molar-refractivity contribution in [1.29, 1.82) is 0 Å². The molecule has 0 aliphatic rings. The number of nitrogens with zero attached hydrogens (tertiary/aromatic N) is 1. The van der Waals surface area contributed by atoms with Crippen LogP contribution in [0.3, 0.4) is 0 Å². The van der Waals surface area contributed by atoms with Gasteiger partial charge >= 0.3 is 0 Å². The van der Waals surface area contributed by atoms with Gasteiger partial charge in [-0.25, -0.2) is 0 Å². The molecule has 2 rings (SSSR count). The van der Waals surface area contributed by atoms with Gasteiger partial charge in [-0.1, -0.05) is 15.9 Å². The van der Waals surface area contributed by atoms with Crippen LogP contribution in [0.4, 0.5) is 11.4 Å². The summed E-state index contributed by atoms with van der Waals surface area (Å²) in [6, 6.07) is 9.16. The van der Waals surface area contributed by atoms with Crippen LogP contribution >= 0.6 is 27.3 Å². The van der Waals surface area contributed by atoms with Crippen molar-refractivity contribution < 1.29 is 4.92 Å². The van der Waals surface area contributed by atoms with Gasteiger partial charge in [0.15, 0.2) is 0 Å². The minimum absolute atomic E-state index is 0.0403. The molecule has 100 valence electrons. The van der Waals surface area contributed by atoms with Crippen molar-refractivity contribution >= 4 is 38.6 Å². The number of halogens is 1. The third-order valence-corrected chi connectivity index (χ3v) is 4.39. The smallest absolute Gasteiger partial charge is 0.293 e. The van der Waals surface area contributed by atoms with Gasteiger partial charge in [0.05, 0.1) is 11.0 Å². The summed E-state index contributed by atoms with van der Waals surface area (Å²) in [6.07, 6.45) is 0. The number of benzene rings is 1. The van der Waals surface area contributed by atoms with Gasteiger partial charge in [-0.2, -0.15) is 0 Å². The molecule has 6 heteroatoms. The predicted octanol–water partition coefficient (Wildman–Crippen LogP) is 4.90. The van der Waals surface area contributed by atoms with E-state index < -0.39 is 0 Å². The molecule has 1 N–H and O–H groups in total. The van der Waals surface area contributed by atoms with E-state index >= 15 is 0 Å². The molecule has 0 aliphatic carbocycles. The third-order valence-electron chi connectivity index (χ3n) is 2.72. The Morgan fingerprint density at radius 3 is 2.68 bits per heavy atom. The van der Waals surface area contributed by atoms with Crippen LogP contribution in [0.1, 0.15) is 22.7 Å². The highest BCUT2D eigenvalue weighted by molar-refractivity contribution is 9.10. The second-order valence-electron chi connectivity index (χ2n) is 4.23. The lowest BCUT2D eigenvalue weighted by atomic mass is 10.2. The van der Waals surface area contributed by atoms with Crippen LogP contribution in [-0.4, -0.2) is 4.92 Å². The fraction of sp³-hybridized carbons (Fsp3) is 0.231. The van der Waals surface area contributed by atoms with E-state index in [4.69, 9.17) is 0 Å². The van der Waals surface area contributed by atoms with Gasteiger partial charge in [-0.15, -0.1) is 11.3 Å². The average molecular weight is 341 g/mol. The maximum atomic E-state index is 11.0. The number of hydrogen-bond acceptors (Lipinski definition) is 4. The van der Waals surface area contributed by atoms with Crippen LogP contribution in [0.15, 0.2) is 34.8 Å². The summed E-state index contributed by atoms with van der Waals surface area (Å²) in [5.41, 5.74) is 0.612. The van der Waals surface area contributed by atoms with E-state index in [-0.39, 0.29) is 16.7 Å². The van der Waals surface area contributed by atoms with Crippen molar-refractivity contribution in [2.24, 2.45) is 0 Å². The van der Waals surface area contributed by atoms with Crippen molar-refractivity contribution in [3.63, 3.8) is 0 Å². The molecule has 0 saturated heterocycles. The number of thiophene rings is 1. The predicted molar refractivity (Wildman–Crippen MR) is 81.9 cm³/mol. The molecule has 1 heterocycles. The van der Waals surface area contributed by atoms with E-state index in [0.717, 1.165) is 4.88 Å². The molecule has 0 amide bonds. The molecule has 1 unspecified atom stereocenters. The first-order valence-corrected chi connectivity index (χ1v) is 7.35. The number of aryl methyl sites for hydroxylation is 1. The highest BCUT2D eigenvalue weighted by Crippen LogP contribution is 2.32. The standard InChI is InChI=1S/C13H13BrN2O2S/c1-8-3-6-13(19-8)9(2)15-11-5-4-10(14)7-12(11)16(17)18/h3-7,9,15H,1-2H3. The van der Waals surface area contributed by atoms with E-state index in [1.807, 2.05) is 26.0 Å². The lowest BCUT2D eigenvalue weighted by Gasteiger charge is -2.14. The van der Waals surface area contributed by atoms with Gasteiger partial charge in [0, 0.05) is 20.3 Å². The van der Waals surface area contributed by atoms with Crippen LogP contribution in [0.5, 0.6) is 0 Å². The highest BCUT2D eigenvalue weighted by Gasteiger charge is 2.17. The van der Waals surface area contributed by atoms with Crippen LogP contribution in [0.25, 0.3) is 0 Å². The molecule has 1 atom stereocenters. The van der Waals surface area contributed by atoms with Crippen molar-refractivity contribution in [2.45, 2.75) is 19.9 Å². The minimum Gasteiger partial charge on any atom is -0.372 e. The summed E-state index contributed by atoms with van der Waals surface area (Å²) < 4.78 is 0.698. The lowest BCUT2D eigenvalue weighted by Crippen LogP contribution is -2.06. The van der Waals surface area contributed by atoms with Crippen LogP contribution in [-0.2, 0) is 0 Å². The SMILES string of the molecule is Cc1ccc(C(C)Nc2ccc(Br)cc2[N+](=O)[O-])s1. The maximum Gasteiger partial charge on any atom is 0.293 e. The van der Waals surface area contributed by atoms with Crippen LogP contribution in [0, 0.1) is 17.0 Å². The van der Waals surface area contributed by atoms with E-state index in [2.05, 4.69) is 21.2 Å². The summed E-state index contributed by atoms with van der Waals surface area (Å²) in [4.78, 5) is 13.1. The lowest BCUT2D eigenvalue weighted by molar-refractivity contribution is -0.384. The van der Waals surface area contributed by atoms with E-state index in [1.54, 1.807) is 23.5 Å². The molecule has 1 aromatic heterocycles. The summed E-state index contributed by atoms with van der Waals surface area (Å²) >= 11 is 4.94. The Balaban J connectivity index is 2.26. The number of hydrogen-bond donors (Lipinski definition) is 1. The number of rotatable bonds is 4. The monoisotopic (exact) mass is 340 g/mol. The Morgan fingerprint density at radius 1 is 1.37 bits per heavy atom. The maximum absolute atomic E-state index is 11.0. The fourth-order valence-electron chi connectivity index (χ4n) is 1.77. The Hall–Kier alpha value is -1.40. The van der Waals surface area contributed by atoms with Crippen LogP contribution in [0.2, 0.25) is 0 Å². The van der Waals surface area contributed by atoms with Gasteiger partial charge in [-0.3, -0.25) is 10.1 Å². The molecule has 2 aromatic rings. The normalized spacial score (nSPS) is 12.2. The third kappa shape index (κ3) is 3.33. The number of nitro groups is 1. The van der Waals surface area contributed by atoms with Crippen molar-refractivity contribution in [1.82, 2.24) is 0 Å². The Kier molecular flexibility index (Phi) is 4.21. The summed E-state index contributed by atoms with van der Waals surface area (Å²) in [6.45, 7) is 4.04. The zero-order valence-corrected chi connectivity index (χ0v) is 12.9. The summed E-state index contributed by atoms with van der Waals surface area (Å²) in [5, 5.41) is 14.2. The average Bonchev–Trinajstić information content (AvgIpc) is 2.78. The number of nitrogens with one attached hydrogen (secondary N) is 1. The largest absolute Gasteiger partial charge is 0.372 e. The van der Waals surface area contributed by atoms with Gasteiger partial charge in [0.2, 0.25) is 0 Å². The van der Waals surface area contributed by atoms with Gasteiger partial charge in [-0.05, 0) is 38.1 Å².